The van der Waals surface area contributed by atoms with Gasteiger partial charge in [-0.3, -0.25) is 4.79 Å². The molecule has 32 heavy (non-hydrogen) atoms. The van der Waals surface area contributed by atoms with Gasteiger partial charge in [0, 0.05) is 42.8 Å². The Morgan fingerprint density at radius 1 is 1.09 bits per heavy atom. The molecular weight excluding hydrogens is 416 g/mol. The number of hydrogen-bond acceptors (Lipinski definition) is 4. The second-order valence-electron chi connectivity index (χ2n) is 9.45. The monoisotopic (exact) mass is 452 g/mol. The fourth-order valence-corrected chi connectivity index (χ4v) is 5.73. The van der Waals surface area contributed by atoms with Crippen molar-refractivity contribution in [3.63, 3.8) is 0 Å². The van der Waals surface area contributed by atoms with Crippen LogP contribution in [-0.2, 0) is 9.53 Å². The van der Waals surface area contributed by atoms with Gasteiger partial charge in [-0.15, -0.1) is 11.3 Å². The third-order valence-electron chi connectivity index (χ3n) is 6.96. The molecule has 0 spiro atoms. The van der Waals surface area contributed by atoms with Crippen LogP contribution in [0.5, 0.6) is 0 Å². The summed E-state index contributed by atoms with van der Waals surface area (Å²) in [6.07, 6.45) is 10.5. The minimum atomic E-state index is 0.0260. The van der Waals surface area contributed by atoms with Crippen LogP contribution >= 0.6 is 11.3 Å². The maximum atomic E-state index is 12.5. The number of nitrogens with zero attached hydrogens (tertiary/aromatic N) is 1. The van der Waals surface area contributed by atoms with Gasteiger partial charge in [-0.2, -0.15) is 0 Å². The second-order valence-corrected chi connectivity index (χ2v) is 10.4. The van der Waals surface area contributed by atoms with Gasteiger partial charge in [-0.25, -0.2) is 0 Å². The van der Waals surface area contributed by atoms with Crippen LogP contribution < -0.4 is 5.32 Å². The van der Waals surface area contributed by atoms with Gasteiger partial charge in [0.05, 0.1) is 0 Å². The molecule has 0 bridgehead atoms. The summed E-state index contributed by atoms with van der Waals surface area (Å²) in [5, 5.41) is 5.37. The van der Waals surface area contributed by atoms with Crippen LogP contribution in [0.4, 0.5) is 0 Å². The van der Waals surface area contributed by atoms with E-state index < -0.39 is 0 Å². The Balaban J connectivity index is 1.20. The fraction of sp³-hybridized carbons (Fsp3) is 0.519. The van der Waals surface area contributed by atoms with Crippen LogP contribution in [-0.4, -0.2) is 49.7 Å². The van der Waals surface area contributed by atoms with Gasteiger partial charge < -0.3 is 15.0 Å². The van der Waals surface area contributed by atoms with Crippen molar-refractivity contribution in [1.82, 2.24) is 10.2 Å². The SMILES string of the molecule is Cc1ccc(-c2csc(/C=C/C(=O)NC3CCC(CN(C)C4CCOCC4)CC3)c2)cc1. The molecule has 4 nitrogen and oxygen atoms in total. The lowest BCUT2D eigenvalue weighted by Crippen LogP contribution is -2.42. The van der Waals surface area contributed by atoms with Crippen molar-refractivity contribution in [1.29, 1.82) is 0 Å². The predicted octanol–water partition coefficient (Wildman–Crippen LogP) is 5.52. The molecule has 1 aromatic carbocycles. The maximum Gasteiger partial charge on any atom is 0.244 e. The molecule has 172 valence electrons. The van der Waals surface area contributed by atoms with E-state index in [1.54, 1.807) is 17.4 Å². The minimum absolute atomic E-state index is 0.0260. The molecule has 1 saturated carbocycles. The Hall–Kier alpha value is -1.95. The van der Waals surface area contributed by atoms with E-state index in [1.165, 1.54) is 36.1 Å². The molecule has 2 aromatic rings. The van der Waals surface area contributed by atoms with E-state index in [0.29, 0.717) is 12.1 Å². The number of nitrogens with one attached hydrogen (secondary N) is 1. The Morgan fingerprint density at radius 2 is 1.81 bits per heavy atom. The molecule has 4 rings (SSSR count). The molecule has 1 aliphatic heterocycles. The van der Waals surface area contributed by atoms with Crippen molar-refractivity contribution in [2.75, 3.05) is 26.8 Å². The average molecular weight is 453 g/mol. The number of carbonyl (C=O) groups is 1. The Labute approximate surface area is 196 Å². The van der Waals surface area contributed by atoms with Crippen LogP contribution in [0.2, 0.25) is 0 Å². The molecule has 2 fully saturated rings. The molecular formula is C27H36N2O2S. The highest BCUT2D eigenvalue weighted by molar-refractivity contribution is 7.11. The molecule has 1 N–H and O–H groups in total. The molecule has 2 aliphatic rings. The minimum Gasteiger partial charge on any atom is -0.381 e. The zero-order valence-electron chi connectivity index (χ0n) is 19.4. The van der Waals surface area contributed by atoms with Crippen molar-refractivity contribution in [2.24, 2.45) is 5.92 Å². The summed E-state index contributed by atoms with van der Waals surface area (Å²) >= 11 is 1.67. The number of benzene rings is 1. The van der Waals surface area contributed by atoms with Gasteiger partial charge in [0.25, 0.3) is 0 Å². The van der Waals surface area contributed by atoms with Crippen molar-refractivity contribution in [3.8, 4) is 11.1 Å². The van der Waals surface area contributed by atoms with Crippen LogP contribution in [0, 0.1) is 12.8 Å². The van der Waals surface area contributed by atoms with Crippen LogP contribution in [0.1, 0.15) is 49.0 Å². The number of thiophene rings is 1. The number of hydrogen-bond donors (Lipinski definition) is 1. The Morgan fingerprint density at radius 3 is 2.53 bits per heavy atom. The van der Waals surface area contributed by atoms with E-state index in [4.69, 9.17) is 4.74 Å². The zero-order chi connectivity index (χ0) is 22.3. The summed E-state index contributed by atoms with van der Waals surface area (Å²) in [6.45, 7) is 5.08. The standard InChI is InChI=1S/C27H36N2O2S/c1-20-3-7-22(8-4-20)23-17-26(32-19-23)11-12-27(30)28-24-9-5-21(6-10-24)18-29(2)25-13-15-31-16-14-25/h3-4,7-8,11-12,17,19,21,24-25H,5-6,9-10,13-16,18H2,1-2H3,(H,28,30)/b12-11+. The Kier molecular flexibility index (Phi) is 8.17. The number of ether oxygens (including phenoxy) is 1. The van der Waals surface area contributed by atoms with E-state index in [-0.39, 0.29) is 5.91 Å². The smallest absolute Gasteiger partial charge is 0.244 e. The van der Waals surface area contributed by atoms with Crippen LogP contribution in [0.15, 0.2) is 41.8 Å². The van der Waals surface area contributed by atoms with Gasteiger partial charge in [0.1, 0.15) is 0 Å². The molecule has 1 saturated heterocycles. The van der Waals surface area contributed by atoms with Gasteiger partial charge in [0.2, 0.25) is 5.91 Å². The van der Waals surface area contributed by atoms with Crippen molar-refractivity contribution in [2.45, 2.75) is 57.5 Å². The molecule has 0 radical (unpaired) electrons. The first-order chi connectivity index (χ1) is 15.6. The summed E-state index contributed by atoms with van der Waals surface area (Å²) in [6, 6.07) is 11.7. The quantitative estimate of drug-likeness (QED) is 0.562. The van der Waals surface area contributed by atoms with E-state index >= 15 is 0 Å². The first-order valence-electron chi connectivity index (χ1n) is 12.0. The topological polar surface area (TPSA) is 41.6 Å². The third-order valence-corrected chi connectivity index (χ3v) is 7.85. The average Bonchev–Trinajstić information content (AvgIpc) is 3.29. The third kappa shape index (κ3) is 6.53. The fourth-order valence-electron chi connectivity index (χ4n) is 4.92. The zero-order valence-corrected chi connectivity index (χ0v) is 20.2. The molecule has 0 atom stereocenters. The molecule has 1 aromatic heterocycles. The lowest BCUT2D eigenvalue weighted by Gasteiger charge is -2.36. The van der Waals surface area contributed by atoms with Crippen LogP contribution in [0.3, 0.4) is 0 Å². The largest absolute Gasteiger partial charge is 0.381 e. The van der Waals surface area contributed by atoms with E-state index in [1.807, 2.05) is 6.08 Å². The highest BCUT2D eigenvalue weighted by Gasteiger charge is 2.25. The van der Waals surface area contributed by atoms with Crippen molar-refractivity contribution < 1.29 is 9.53 Å². The normalized spacial score (nSPS) is 22.5. The first-order valence-corrected chi connectivity index (χ1v) is 12.9. The summed E-state index contributed by atoms with van der Waals surface area (Å²) < 4.78 is 5.49. The van der Waals surface area contributed by atoms with Gasteiger partial charge >= 0.3 is 0 Å². The highest BCUT2D eigenvalue weighted by Crippen LogP contribution is 2.28. The summed E-state index contributed by atoms with van der Waals surface area (Å²) in [4.78, 5) is 16.1. The van der Waals surface area contributed by atoms with Crippen molar-refractivity contribution >= 4 is 23.3 Å². The highest BCUT2D eigenvalue weighted by atomic mass is 32.1. The number of rotatable bonds is 7. The molecule has 1 aliphatic carbocycles. The van der Waals surface area contributed by atoms with E-state index in [2.05, 4.69) is 59.9 Å². The molecule has 5 heteroatoms. The first kappa shape index (κ1) is 23.2. The van der Waals surface area contributed by atoms with Gasteiger partial charge in [-0.05, 0) is 87.1 Å². The number of aryl methyl sites for hydroxylation is 1. The number of amides is 1. The summed E-state index contributed by atoms with van der Waals surface area (Å²) in [5.74, 6) is 0.774. The summed E-state index contributed by atoms with van der Waals surface area (Å²) in [5.41, 5.74) is 3.69. The molecule has 2 heterocycles. The Bertz CT molecular complexity index is 891. The van der Waals surface area contributed by atoms with Crippen molar-refractivity contribution in [3.05, 3.63) is 52.2 Å². The maximum absolute atomic E-state index is 12.5. The van der Waals surface area contributed by atoms with E-state index in [9.17, 15) is 4.79 Å². The molecule has 1 amide bonds. The van der Waals surface area contributed by atoms with E-state index in [0.717, 1.165) is 49.7 Å². The molecule has 0 unspecified atom stereocenters. The summed E-state index contributed by atoms with van der Waals surface area (Å²) in [7, 11) is 2.27. The van der Waals surface area contributed by atoms with Gasteiger partial charge in [-0.1, -0.05) is 29.8 Å². The number of carbonyl (C=O) groups excluding carboxylic acids is 1. The van der Waals surface area contributed by atoms with Gasteiger partial charge in [0.15, 0.2) is 0 Å². The predicted molar refractivity (Wildman–Crippen MR) is 134 cm³/mol. The van der Waals surface area contributed by atoms with Crippen LogP contribution in [0.25, 0.3) is 17.2 Å². The lowest BCUT2D eigenvalue weighted by atomic mass is 9.85. The second kappa shape index (κ2) is 11.3. The lowest BCUT2D eigenvalue weighted by molar-refractivity contribution is -0.117.